The van der Waals surface area contributed by atoms with Crippen molar-refractivity contribution in [2.24, 2.45) is 0 Å². The predicted molar refractivity (Wildman–Crippen MR) is 95.8 cm³/mol. The van der Waals surface area contributed by atoms with E-state index in [0.29, 0.717) is 49.9 Å². The lowest BCUT2D eigenvalue weighted by Crippen LogP contribution is -2.50. The van der Waals surface area contributed by atoms with Gasteiger partial charge in [0.25, 0.3) is 5.91 Å². The fourth-order valence-corrected chi connectivity index (χ4v) is 2.98. The van der Waals surface area contributed by atoms with Crippen LogP contribution in [0.4, 0.5) is 5.69 Å². The molecule has 7 heteroatoms. The van der Waals surface area contributed by atoms with Crippen molar-refractivity contribution in [1.29, 1.82) is 0 Å². The largest absolute Gasteiger partial charge is 0.459 e. The lowest BCUT2D eigenvalue weighted by atomic mass is 10.2. The number of halogens is 1. The maximum absolute atomic E-state index is 12.3. The van der Waals surface area contributed by atoms with Crippen molar-refractivity contribution in [2.75, 3.05) is 38.0 Å². The summed E-state index contributed by atoms with van der Waals surface area (Å²) in [6.07, 6.45) is 1.87. The van der Waals surface area contributed by atoms with Crippen LogP contribution in [0.25, 0.3) is 0 Å². The molecular weight excluding hydrogens is 342 g/mol. The molecule has 1 fully saturated rings. The van der Waals surface area contributed by atoms with E-state index in [9.17, 15) is 9.59 Å². The van der Waals surface area contributed by atoms with Crippen LogP contribution in [0.1, 0.15) is 17.0 Å². The van der Waals surface area contributed by atoms with E-state index in [1.165, 1.54) is 6.26 Å². The molecule has 3 rings (SSSR count). The zero-order valence-corrected chi connectivity index (χ0v) is 14.5. The van der Waals surface area contributed by atoms with Gasteiger partial charge in [-0.25, -0.2) is 0 Å². The Labute approximate surface area is 151 Å². The molecule has 2 amide bonds. The van der Waals surface area contributed by atoms with Crippen LogP contribution in [0.15, 0.2) is 47.1 Å². The third-order valence-electron chi connectivity index (χ3n) is 4.18. The summed E-state index contributed by atoms with van der Waals surface area (Å²) in [6.45, 7) is 2.63. The number of carbonyl (C=O) groups excluding carboxylic acids is 2. The van der Waals surface area contributed by atoms with Crippen molar-refractivity contribution in [2.45, 2.75) is 6.42 Å². The van der Waals surface area contributed by atoms with Gasteiger partial charge in [0.15, 0.2) is 5.76 Å². The van der Waals surface area contributed by atoms with Crippen LogP contribution in [-0.4, -0.2) is 54.3 Å². The van der Waals surface area contributed by atoms with Gasteiger partial charge in [-0.2, -0.15) is 0 Å². The molecule has 25 heavy (non-hydrogen) atoms. The van der Waals surface area contributed by atoms with Crippen LogP contribution in [0.3, 0.4) is 0 Å². The number of piperazine rings is 1. The van der Waals surface area contributed by atoms with Crippen molar-refractivity contribution in [3.63, 3.8) is 0 Å². The third-order valence-corrected chi connectivity index (χ3v) is 4.51. The molecule has 0 saturated carbocycles. The molecular formula is C18H20ClN3O3. The number of nitrogens with one attached hydrogen (secondary N) is 1. The lowest BCUT2D eigenvalue weighted by molar-refractivity contribution is -0.132. The van der Waals surface area contributed by atoms with Gasteiger partial charge in [-0.1, -0.05) is 23.7 Å². The molecule has 0 atom stereocenters. The Morgan fingerprint density at radius 1 is 1.04 bits per heavy atom. The minimum Gasteiger partial charge on any atom is -0.459 e. The summed E-state index contributed by atoms with van der Waals surface area (Å²) < 4.78 is 5.14. The van der Waals surface area contributed by atoms with Crippen LogP contribution >= 0.6 is 11.6 Å². The highest BCUT2D eigenvalue weighted by Gasteiger charge is 2.25. The smallest absolute Gasteiger partial charge is 0.289 e. The van der Waals surface area contributed by atoms with E-state index in [0.717, 1.165) is 5.69 Å². The molecule has 1 aliphatic heterocycles. The summed E-state index contributed by atoms with van der Waals surface area (Å²) in [5, 5.41) is 3.81. The number of furan rings is 1. The van der Waals surface area contributed by atoms with Gasteiger partial charge in [0.1, 0.15) is 0 Å². The molecule has 1 aliphatic rings. The van der Waals surface area contributed by atoms with E-state index in [4.69, 9.17) is 16.0 Å². The Kier molecular flexibility index (Phi) is 5.60. The van der Waals surface area contributed by atoms with Gasteiger partial charge < -0.3 is 19.5 Å². The first kappa shape index (κ1) is 17.4. The van der Waals surface area contributed by atoms with E-state index in [1.807, 2.05) is 18.2 Å². The second kappa shape index (κ2) is 8.07. The average molecular weight is 362 g/mol. The van der Waals surface area contributed by atoms with Crippen molar-refractivity contribution < 1.29 is 14.0 Å². The summed E-state index contributed by atoms with van der Waals surface area (Å²) >= 11 is 6.07. The highest BCUT2D eigenvalue weighted by molar-refractivity contribution is 6.33. The van der Waals surface area contributed by atoms with Gasteiger partial charge in [0, 0.05) is 39.1 Å². The Balaban J connectivity index is 1.42. The standard InChI is InChI=1S/C18H20ClN3O3/c19-14-4-1-2-5-15(14)20-8-7-17(23)21-9-11-22(12-10-21)18(24)16-6-3-13-25-16/h1-6,13,20H,7-12H2. The maximum atomic E-state index is 12.3. The first-order valence-electron chi connectivity index (χ1n) is 8.24. The van der Waals surface area contributed by atoms with Gasteiger partial charge in [0.2, 0.25) is 5.91 Å². The van der Waals surface area contributed by atoms with Crippen LogP contribution in [0.5, 0.6) is 0 Å². The number of rotatable bonds is 5. The fraction of sp³-hybridized carbons (Fsp3) is 0.333. The molecule has 2 heterocycles. The van der Waals surface area contributed by atoms with E-state index >= 15 is 0 Å². The minimum absolute atomic E-state index is 0.0738. The van der Waals surface area contributed by atoms with Crippen molar-refractivity contribution in [3.8, 4) is 0 Å². The molecule has 1 saturated heterocycles. The van der Waals surface area contributed by atoms with E-state index in [2.05, 4.69) is 5.32 Å². The summed E-state index contributed by atoms with van der Waals surface area (Å²) in [4.78, 5) is 28.0. The molecule has 2 aromatic rings. The zero-order chi connectivity index (χ0) is 17.6. The quantitative estimate of drug-likeness (QED) is 0.889. The first-order chi connectivity index (χ1) is 12.1. The summed E-state index contributed by atoms with van der Waals surface area (Å²) in [5.74, 6) is 0.283. The first-order valence-corrected chi connectivity index (χ1v) is 8.62. The molecule has 1 aromatic carbocycles. The SMILES string of the molecule is O=C(CCNc1ccccc1Cl)N1CCN(C(=O)c2ccco2)CC1. The molecule has 1 N–H and O–H groups in total. The normalized spacial score (nSPS) is 14.4. The van der Waals surface area contributed by atoms with Gasteiger partial charge >= 0.3 is 0 Å². The zero-order valence-electron chi connectivity index (χ0n) is 13.8. The van der Waals surface area contributed by atoms with Crippen molar-refractivity contribution >= 4 is 29.1 Å². The second-order valence-corrected chi connectivity index (χ2v) is 6.21. The third kappa shape index (κ3) is 4.33. The topological polar surface area (TPSA) is 65.8 Å². The van der Waals surface area contributed by atoms with Gasteiger partial charge in [-0.05, 0) is 24.3 Å². The van der Waals surface area contributed by atoms with Crippen molar-refractivity contribution in [1.82, 2.24) is 9.80 Å². The Morgan fingerprint density at radius 2 is 1.76 bits per heavy atom. The second-order valence-electron chi connectivity index (χ2n) is 5.81. The molecule has 1 aromatic heterocycles. The number of carbonyl (C=O) groups is 2. The number of nitrogens with zero attached hydrogens (tertiary/aromatic N) is 2. The van der Waals surface area contributed by atoms with Gasteiger partial charge in [-0.3, -0.25) is 9.59 Å². The maximum Gasteiger partial charge on any atom is 0.289 e. The number of benzene rings is 1. The van der Waals surface area contributed by atoms with E-state index in [1.54, 1.807) is 28.0 Å². The van der Waals surface area contributed by atoms with Gasteiger partial charge in [-0.15, -0.1) is 0 Å². The molecule has 0 spiro atoms. The highest BCUT2D eigenvalue weighted by Crippen LogP contribution is 2.20. The molecule has 0 aliphatic carbocycles. The molecule has 132 valence electrons. The molecule has 0 unspecified atom stereocenters. The van der Waals surface area contributed by atoms with E-state index < -0.39 is 0 Å². The fourth-order valence-electron chi connectivity index (χ4n) is 2.78. The highest BCUT2D eigenvalue weighted by atomic mass is 35.5. The van der Waals surface area contributed by atoms with Gasteiger partial charge in [0.05, 0.1) is 17.0 Å². The average Bonchev–Trinajstić information content (AvgIpc) is 3.17. The molecule has 6 nitrogen and oxygen atoms in total. The Morgan fingerprint density at radius 3 is 2.44 bits per heavy atom. The van der Waals surface area contributed by atoms with E-state index in [-0.39, 0.29) is 11.8 Å². The number of hydrogen-bond donors (Lipinski definition) is 1. The van der Waals surface area contributed by atoms with Crippen LogP contribution < -0.4 is 5.32 Å². The number of para-hydroxylation sites is 1. The lowest BCUT2D eigenvalue weighted by Gasteiger charge is -2.34. The summed E-state index contributed by atoms with van der Waals surface area (Å²) in [6, 6.07) is 10.8. The number of anilines is 1. The van der Waals surface area contributed by atoms with Crippen LogP contribution in [0, 0.1) is 0 Å². The van der Waals surface area contributed by atoms with Crippen molar-refractivity contribution in [3.05, 3.63) is 53.4 Å². The Hall–Kier alpha value is -2.47. The Bertz CT molecular complexity index is 725. The monoisotopic (exact) mass is 361 g/mol. The predicted octanol–water partition coefficient (Wildman–Crippen LogP) is 2.72. The minimum atomic E-state index is -0.127. The molecule has 0 bridgehead atoms. The summed E-state index contributed by atoms with van der Waals surface area (Å²) in [7, 11) is 0. The molecule has 0 radical (unpaired) electrons. The van der Waals surface area contributed by atoms with Crippen LogP contribution in [-0.2, 0) is 4.79 Å². The number of amides is 2. The van der Waals surface area contributed by atoms with Crippen LogP contribution in [0.2, 0.25) is 5.02 Å². The number of hydrogen-bond acceptors (Lipinski definition) is 4. The summed E-state index contributed by atoms with van der Waals surface area (Å²) in [5.41, 5.74) is 0.825.